The third kappa shape index (κ3) is 4.75. The van der Waals surface area contributed by atoms with E-state index in [1.54, 1.807) is 30.3 Å². The molecule has 6 nitrogen and oxygen atoms in total. The Kier molecular flexibility index (Phi) is 6.33. The van der Waals surface area contributed by atoms with E-state index in [1.807, 2.05) is 0 Å². The molecule has 7 heteroatoms. The zero-order valence-corrected chi connectivity index (χ0v) is 12.1. The van der Waals surface area contributed by atoms with Crippen LogP contribution in [-0.2, 0) is 19.1 Å². The fourth-order valence-corrected chi connectivity index (χ4v) is 1.79. The lowest BCUT2D eigenvalue weighted by Crippen LogP contribution is -2.36. The molecule has 3 N–H and O–H groups in total. The molecule has 0 spiro atoms. The van der Waals surface area contributed by atoms with Gasteiger partial charge >= 0.3 is 11.9 Å². The molecule has 0 aliphatic rings. The van der Waals surface area contributed by atoms with E-state index in [-0.39, 0.29) is 11.1 Å². The Labute approximate surface area is 124 Å². The number of ketones is 1. The maximum absolute atomic E-state index is 11.8. The number of carbonyl (C=O) groups excluding carboxylic acids is 2. The number of halogens is 1. The second-order valence-corrected chi connectivity index (χ2v) is 4.59. The van der Waals surface area contributed by atoms with Crippen molar-refractivity contribution in [1.29, 1.82) is 0 Å². The van der Waals surface area contributed by atoms with Crippen LogP contribution in [0.15, 0.2) is 30.3 Å². The van der Waals surface area contributed by atoms with E-state index < -0.39 is 30.5 Å². The number of rotatable bonds is 7. The molecular formula is C13H14BrNO5. The molecule has 0 amide bonds. The van der Waals surface area contributed by atoms with Gasteiger partial charge in [-0.25, -0.2) is 0 Å². The van der Waals surface area contributed by atoms with Gasteiger partial charge in [-0.3, -0.25) is 14.4 Å². The predicted octanol–water partition coefficient (Wildman–Crippen LogP) is 1.04. The highest BCUT2D eigenvalue weighted by atomic mass is 79.9. The van der Waals surface area contributed by atoms with Gasteiger partial charge in [0.05, 0.1) is 11.8 Å². The minimum absolute atomic E-state index is 0.00795. The van der Waals surface area contributed by atoms with Gasteiger partial charge in [0.2, 0.25) is 0 Å². The number of nitrogens with two attached hydrogens (primary N) is 1. The van der Waals surface area contributed by atoms with Crippen LogP contribution in [0.4, 0.5) is 0 Å². The van der Waals surface area contributed by atoms with Crippen LogP contribution in [0, 0.1) is 0 Å². The molecule has 0 bridgehead atoms. The molecule has 0 saturated carbocycles. The van der Waals surface area contributed by atoms with Gasteiger partial charge in [-0.1, -0.05) is 46.3 Å². The van der Waals surface area contributed by atoms with E-state index in [2.05, 4.69) is 15.9 Å². The quantitative estimate of drug-likeness (QED) is 0.565. The van der Waals surface area contributed by atoms with E-state index in [1.165, 1.54) is 0 Å². The van der Waals surface area contributed by atoms with Crippen molar-refractivity contribution in [3.05, 3.63) is 35.9 Å². The number of hydrogen-bond acceptors (Lipinski definition) is 5. The van der Waals surface area contributed by atoms with Gasteiger partial charge < -0.3 is 15.6 Å². The first kappa shape index (κ1) is 16.3. The summed E-state index contributed by atoms with van der Waals surface area (Å²) in [6.07, 6.45) is -1.65. The van der Waals surface area contributed by atoms with E-state index in [9.17, 15) is 14.4 Å². The molecule has 0 radical (unpaired) electrons. The molecular weight excluding hydrogens is 330 g/mol. The fraction of sp³-hybridized carbons (Fsp3) is 0.308. The molecule has 2 atom stereocenters. The first-order chi connectivity index (χ1) is 9.45. The Bertz CT molecular complexity index is 491. The summed E-state index contributed by atoms with van der Waals surface area (Å²) in [5.41, 5.74) is 5.91. The van der Waals surface area contributed by atoms with Crippen molar-refractivity contribution >= 4 is 33.7 Å². The van der Waals surface area contributed by atoms with Gasteiger partial charge in [0.15, 0.2) is 11.9 Å². The summed E-state index contributed by atoms with van der Waals surface area (Å²) in [6.45, 7) is 0. The highest BCUT2D eigenvalue weighted by Gasteiger charge is 2.27. The van der Waals surface area contributed by atoms with Crippen LogP contribution < -0.4 is 5.73 Å². The molecule has 1 aromatic rings. The third-order valence-corrected chi connectivity index (χ3v) is 3.01. The van der Waals surface area contributed by atoms with Crippen molar-refractivity contribution in [3.8, 4) is 0 Å². The van der Waals surface area contributed by atoms with Crippen LogP contribution in [0.1, 0.15) is 18.1 Å². The molecule has 0 heterocycles. The molecule has 0 aromatic heterocycles. The van der Waals surface area contributed by atoms with Gasteiger partial charge in [0.25, 0.3) is 0 Å². The molecule has 1 rings (SSSR count). The number of ether oxygens (including phenoxy) is 1. The second kappa shape index (κ2) is 7.76. The molecule has 0 saturated heterocycles. The largest absolute Gasteiger partial charge is 0.481 e. The first-order valence-electron chi connectivity index (χ1n) is 5.77. The summed E-state index contributed by atoms with van der Waals surface area (Å²) in [4.78, 5) is 34.0. The van der Waals surface area contributed by atoms with E-state index in [4.69, 9.17) is 15.6 Å². The average Bonchev–Trinajstić information content (AvgIpc) is 2.43. The van der Waals surface area contributed by atoms with Crippen molar-refractivity contribution in [3.63, 3.8) is 0 Å². The smallest absolute Gasteiger partial charge is 0.324 e. The van der Waals surface area contributed by atoms with Crippen LogP contribution in [0.5, 0.6) is 0 Å². The molecule has 108 valence electrons. The standard InChI is InChI=1S/C13H14BrNO5/c14-7-10(16)12(8-4-2-1-3-5-8)20-13(19)9(15)6-11(17)18/h1-5,9,12H,6-7,15H2,(H,17,18)/t9-,12?/m0/s1. The molecule has 1 unspecified atom stereocenters. The number of aliphatic carboxylic acids is 1. The number of alkyl halides is 1. The topological polar surface area (TPSA) is 107 Å². The van der Waals surface area contributed by atoms with Gasteiger partial charge in [-0.2, -0.15) is 0 Å². The Morgan fingerprint density at radius 1 is 1.25 bits per heavy atom. The Balaban J connectivity index is 2.84. The number of Topliss-reactive ketones (excluding diaryl/α,β-unsaturated/α-hetero) is 1. The van der Waals surface area contributed by atoms with Crippen molar-refractivity contribution in [1.82, 2.24) is 0 Å². The van der Waals surface area contributed by atoms with E-state index in [0.717, 1.165) is 0 Å². The zero-order valence-electron chi connectivity index (χ0n) is 10.5. The predicted molar refractivity (Wildman–Crippen MR) is 74.3 cm³/mol. The van der Waals surface area contributed by atoms with E-state index in [0.29, 0.717) is 5.56 Å². The Morgan fingerprint density at radius 2 is 1.85 bits per heavy atom. The maximum atomic E-state index is 11.8. The van der Waals surface area contributed by atoms with Crippen molar-refractivity contribution in [2.45, 2.75) is 18.6 Å². The molecule has 20 heavy (non-hydrogen) atoms. The molecule has 0 fully saturated rings. The normalized spacial score (nSPS) is 13.3. The number of carbonyl (C=O) groups is 3. The van der Waals surface area contributed by atoms with E-state index >= 15 is 0 Å². The van der Waals surface area contributed by atoms with Gasteiger partial charge in [0, 0.05) is 5.56 Å². The lowest BCUT2D eigenvalue weighted by molar-refractivity contribution is -0.158. The lowest BCUT2D eigenvalue weighted by Gasteiger charge is -2.18. The van der Waals surface area contributed by atoms with Crippen LogP contribution in [0.2, 0.25) is 0 Å². The maximum Gasteiger partial charge on any atom is 0.324 e. The Morgan fingerprint density at radius 3 is 2.35 bits per heavy atom. The number of hydrogen-bond donors (Lipinski definition) is 2. The Hall–Kier alpha value is -1.73. The number of carboxylic acid groups (broad SMARTS) is 1. The molecule has 0 aliphatic heterocycles. The van der Waals surface area contributed by atoms with Crippen molar-refractivity contribution in [2.24, 2.45) is 5.73 Å². The first-order valence-corrected chi connectivity index (χ1v) is 6.89. The molecule has 0 aliphatic carbocycles. The summed E-state index contributed by atoms with van der Waals surface area (Å²) in [5.74, 6) is -2.49. The highest BCUT2D eigenvalue weighted by molar-refractivity contribution is 9.09. The monoisotopic (exact) mass is 343 g/mol. The number of esters is 1. The third-order valence-electron chi connectivity index (χ3n) is 2.46. The van der Waals surface area contributed by atoms with Gasteiger partial charge in [0.1, 0.15) is 6.04 Å². The van der Waals surface area contributed by atoms with Crippen LogP contribution in [-0.4, -0.2) is 34.2 Å². The van der Waals surface area contributed by atoms with Crippen LogP contribution >= 0.6 is 15.9 Å². The summed E-state index contributed by atoms with van der Waals surface area (Å²) in [7, 11) is 0. The summed E-state index contributed by atoms with van der Waals surface area (Å²) >= 11 is 3.01. The van der Waals surface area contributed by atoms with Crippen molar-refractivity contribution < 1.29 is 24.2 Å². The zero-order chi connectivity index (χ0) is 15.1. The summed E-state index contributed by atoms with van der Waals surface area (Å²) in [6, 6.07) is 7.14. The number of carboxylic acids is 1. The minimum Gasteiger partial charge on any atom is -0.481 e. The van der Waals surface area contributed by atoms with Crippen LogP contribution in [0.25, 0.3) is 0 Å². The van der Waals surface area contributed by atoms with Gasteiger partial charge in [-0.15, -0.1) is 0 Å². The average molecular weight is 344 g/mol. The lowest BCUT2D eigenvalue weighted by atomic mass is 10.1. The minimum atomic E-state index is -1.30. The SMILES string of the molecule is N[C@@H](CC(=O)O)C(=O)OC(C(=O)CBr)c1ccccc1. The number of benzene rings is 1. The highest BCUT2D eigenvalue weighted by Crippen LogP contribution is 2.20. The van der Waals surface area contributed by atoms with Crippen LogP contribution in [0.3, 0.4) is 0 Å². The fourth-order valence-electron chi connectivity index (χ4n) is 1.49. The summed E-state index contributed by atoms with van der Waals surface area (Å²) < 4.78 is 5.05. The van der Waals surface area contributed by atoms with Crippen molar-refractivity contribution in [2.75, 3.05) is 5.33 Å². The molecule has 1 aromatic carbocycles. The summed E-state index contributed by atoms with van der Waals surface area (Å²) in [5, 5.41) is 8.59. The second-order valence-electron chi connectivity index (χ2n) is 4.03. The van der Waals surface area contributed by atoms with Gasteiger partial charge in [-0.05, 0) is 0 Å².